The van der Waals surface area contributed by atoms with Crippen LogP contribution < -0.4 is 5.32 Å². The summed E-state index contributed by atoms with van der Waals surface area (Å²) in [5, 5.41) is 9.56. The molecule has 6 heteroatoms. The molecule has 0 radical (unpaired) electrons. The third-order valence-electron chi connectivity index (χ3n) is 5.16. The molecule has 1 saturated heterocycles. The van der Waals surface area contributed by atoms with E-state index < -0.39 is 11.8 Å². The van der Waals surface area contributed by atoms with Gasteiger partial charge in [-0.3, -0.25) is 5.32 Å². The van der Waals surface area contributed by atoms with Crippen LogP contribution in [0.4, 0.5) is 0 Å². The molecule has 1 aliphatic heterocycles. The van der Waals surface area contributed by atoms with E-state index >= 15 is 0 Å². The van der Waals surface area contributed by atoms with Crippen LogP contribution >= 0.6 is 0 Å². The van der Waals surface area contributed by atoms with Gasteiger partial charge in [-0.25, -0.2) is 4.79 Å². The van der Waals surface area contributed by atoms with Gasteiger partial charge in [0.1, 0.15) is 17.1 Å². The monoisotopic (exact) mass is 458 g/mol. The summed E-state index contributed by atoms with van der Waals surface area (Å²) in [6, 6.07) is 27.0. The van der Waals surface area contributed by atoms with Gasteiger partial charge in [0.2, 0.25) is 6.23 Å². The van der Waals surface area contributed by atoms with Crippen molar-refractivity contribution in [3.8, 4) is 11.3 Å². The lowest BCUT2D eigenvalue weighted by Gasteiger charge is -2.21. The van der Waals surface area contributed by atoms with Crippen molar-refractivity contribution in [1.29, 1.82) is 0 Å². The number of fused-ring (bicyclic) bond motifs is 1. The summed E-state index contributed by atoms with van der Waals surface area (Å²) in [6.45, 7) is 6.79. The Morgan fingerprint density at radius 1 is 1.00 bits per heavy atom. The SMILES string of the molecule is CC(C)(C)OC(=O)C1NCCO1.c1ccc(-c2cc(Cc3ccc4ccccc4c3)on2)cc1. The summed E-state index contributed by atoms with van der Waals surface area (Å²) in [5.41, 5.74) is 2.76. The molecule has 1 fully saturated rings. The third kappa shape index (κ3) is 6.53. The minimum Gasteiger partial charge on any atom is -0.457 e. The second-order valence-electron chi connectivity index (χ2n) is 9.14. The van der Waals surface area contributed by atoms with E-state index in [0.29, 0.717) is 13.2 Å². The predicted molar refractivity (Wildman–Crippen MR) is 132 cm³/mol. The molecule has 0 aliphatic carbocycles. The number of ether oxygens (including phenoxy) is 2. The van der Waals surface area contributed by atoms with Gasteiger partial charge >= 0.3 is 5.97 Å². The highest BCUT2D eigenvalue weighted by Gasteiger charge is 2.28. The Hall–Kier alpha value is -3.48. The van der Waals surface area contributed by atoms with Gasteiger partial charge in [0.25, 0.3) is 0 Å². The van der Waals surface area contributed by atoms with Gasteiger partial charge in [0.05, 0.1) is 6.61 Å². The van der Waals surface area contributed by atoms with E-state index in [0.717, 1.165) is 23.4 Å². The van der Waals surface area contributed by atoms with Gasteiger partial charge in [-0.15, -0.1) is 0 Å². The Morgan fingerprint density at radius 3 is 2.44 bits per heavy atom. The molecule has 5 rings (SSSR count). The fraction of sp³-hybridized carbons (Fsp3) is 0.286. The second kappa shape index (κ2) is 10.6. The van der Waals surface area contributed by atoms with E-state index in [1.165, 1.54) is 16.3 Å². The Labute approximate surface area is 199 Å². The standard InChI is InChI=1S/C20H15NO.C8H15NO3/c1-2-7-17(8-3-1)20-14-19(22-21-20)13-15-10-11-16-6-4-5-9-18(16)12-15;1-8(2,3)12-7(10)6-9-4-5-11-6/h1-12,14H,13H2;6,9H,4-5H2,1-3H3. The van der Waals surface area contributed by atoms with E-state index in [4.69, 9.17) is 14.0 Å². The number of aromatic nitrogens is 1. The van der Waals surface area contributed by atoms with Gasteiger partial charge < -0.3 is 14.0 Å². The summed E-state index contributed by atoms with van der Waals surface area (Å²) in [6.07, 6.45) is 0.189. The van der Waals surface area contributed by atoms with Crippen molar-refractivity contribution in [2.75, 3.05) is 13.2 Å². The first-order valence-corrected chi connectivity index (χ1v) is 11.4. The Morgan fingerprint density at radius 2 is 1.74 bits per heavy atom. The summed E-state index contributed by atoms with van der Waals surface area (Å²) < 4.78 is 15.7. The zero-order chi connectivity index (χ0) is 24.0. The number of esters is 1. The largest absolute Gasteiger partial charge is 0.457 e. The molecule has 1 aromatic heterocycles. The van der Waals surface area contributed by atoms with E-state index in [9.17, 15) is 4.79 Å². The van der Waals surface area contributed by atoms with Crippen LogP contribution in [0.3, 0.4) is 0 Å². The molecular weight excluding hydrogens is 428 g/mol. The molecule has 34 heavy (non-hydrogen) atoms. The third-order valence-corrected chi connectivity index (χ3v) is 5.16. The lowest BCUT2D eigenvalue weighted by atomic mass is 10.0. The van der Waals surface area contributed by atoms with Crippen LogP contribution in [0.2, 0.25) is 0 Å². The van der Waals surface area contributed by atoms with Crippen molar-refractivity contribution >= 4 is 16.7 Å². The highest BCUT2D eigenvalue weighted by atomic mass is 16.6. The number of benzene rings is 3. The molecule has 2 heterocycles. The Balaban J connectivity index is 0.000000195. The van der Waals surface area contributed by atoms with Gasteiger partial charge in [-0.05, 0) is 37.1 Å². The van der Waals surface area contributed by atoms with Crippen LogP contribution in [0.1, 0.15) is 32.1 Å². The second-order valence-corrected chi connectivity index (χ2v) is 9.14. The number of carbonyl (C=O) groups excluding carboxylic acids is 1. The molecule has 1 atom stereocenters. The summed E-state index contributed by atoms with van der Waals surface area (Å²) in [7, 11) is 0. The normalized spacial score (nSPS) is 15.6. The maximum Gasteiger partial charge on any atom is 0.351 e. The molecule has 3 aromatic carbocycles. The van der Waals surface area contributed by atoms with Crippen molar-refractivity contribution in [3.63, 3.8) is 0 Å². The number of nitrogens with one attached hydrogen (secondary N) is 1. The van der Waals surface area contributed by atoms with Crippen LogP contribution in [0.15, 0.2) is 83.4 Å². The first-order chi connectivity index (χ1) is 16.4. The van der Waals surface area contributed by atoms with Gasteiger partial charge in [0.15, 0.2) is 0 Å². The summed E-state index contributed by atoms with van der Waals surface area (Å²) in [4.78, 5) is 11.3. The van der Waals surface area contributed by atoms with Crippen molar-refractivity contribution in [2.45, 2.75) is 39.0 Å². The van der Waals surface area contributed by atoms with Crippen LogP contribution in [0.5, 0.6) is 0 Å². The highest BCUT2D eigenvalue weighted by molar-refractivity contribution is 5.83. The average molecular weight is 459 g/mol. The summed E-state index contributed by atoms with van der Waals surface area (Å²) >= 11 is 0. The lowest BCUT2D eigenvalue weighted by Crippen LogP contribution is -2.38. The molecule has 0 spiro atoms. The number of carbonyl (C=O) groups is 1. The molecular formula is C28H30N2O4. The zero-order valence-electron chi connectivity index (χ0n) is 19.8. The number of hydrogen-bond donors (Lipinski definition) is 1. The number of hydrogen-bond acceptors (Lipinski definition) is 6. The molecule has 0 amide bonds. The predicted octanol–water partition coefficient (Wildman–Crippen LogP) is 5.36. The van der Waals surface area contributed by atoms with Gasteiger partial charge in [0, 0.05) is 24.6 Å². The van der Waals surface area contributed by atoms with Gasteiger partial charge in [-0.2, -0.15) is 0 Å². The summed E-state index contributed by atoms with van der Waals surface area (Å²) in [5.74, 6) is 0.550. The molecule has 1 N–H and O–H groups in total. The Kier molecular flexibility index (Phi) is 7.40. The fourth-order valence-electron chi connectivity index (χ4n) is 3.62. The number of nitrogens with zero attached hydrogens (tertiary/aromatic N) is 1. The zero-order valence-corrected chi connectivity index (χ0v) is 19.8. The maximum atomic E-state index is 11.3. The molecule has 4 aromatic rings. The van der Waals surface area contributed by atoms with Crippen molar-refractivity contribution < 1.29 is 18.8 Å². The topological polar surface area (TPSA) is 73.6 Å². The van der Waals surface area contributed by atoms with E-state index in [-0.39, 0.29) is 5.97 Å². The van der Waals surface area contributed by atoms with E-state index in [1.807, 2.05) is 57.2 Å². The van der Waals surface area contributed by atoms with Crippen molar-refractivity contribution in [1.82, 2.24) is 10.5 Å². The minimum absolute atomic E-state index is 0.333. The maximum absolute atomic E-state index is 11.3. The molecule has 1 unspecified atom stereocenters. The molecule has 0 bridgehead atoms. The lowest BCUT2D eigenvalue weighted by molar-refractivity contribution is -0.166. The smallest absolute Gasteiger partial charge is 0.351 e. The quantitative estimate of drug-likeness (QED) is 0.415. The van der Waals surface area contributed by atoms with Crippen molar-refractivity contribution in [3.05, 3.63) is 90.2 Å². The molecule has 0 saturated carbocycles. The van der Waals surface area contributed by atoms with Crippen LogP contribution in [0, 0.1) is 0 Å². The average Bonchev–Trinajstić information content (AvgIpc) is 3.52. The molecule has 176 valence electrons. The molecule has 1 aliphatic rings. The van der Waals surface area contributed by atoms with Crippen LogP contribution in [-0.4, -0.2) is 36.1 Å². The van der Waals surface area contributed by atoms with Crippen molar-refractivity contribution in [2.24, 2.45) is 0 Å². The van der Waals surface area contributed by atoms with Crippen LogP contribution in [0.25, 0.3) is 22.0 Å². The highest BCUT2D eigenvalue weighted by Crippen LogP contribution is 2.22. The van der Waals surface area contributed by atoms with Gasteiger partial charge in [-0.1, -0.05) is 78.0 Å². The molecule has 6 nitrogen and oxygen atoms in total. The first-order valence-electron chi connectivity index (χ1n) is 11.4. The fourth-order valence-corrected chi connectivity index (χ4v) is 3.62. The van der Waals surface area contributed by atoms with E-state index in [2.05, 4.69) is 52.9 Å². The number of rotatable bonds is 4. The van der Waals surface area contributed by atoms with Crippen LogP contribution in [-0.2, 0) is 20.7 Å². The minimum atomic E-state index is -0.566. The van der Waals surface area contributed by atoms with E-state index in [1.54, 1.807) is 0 Å². The Bertz CT molecular complexity index is 1220. The first kappa shape index (κ1) is 23.7.